The Labute approximate surface area is 132 Å². The molecule has 2 aliphatic heterocycles. The predicted octanol–water partition coefficient (Wildman–Crippen LogP) is 3.90. The van der Waals surface area contributed by atoms with E-state index >= 15 is 0 Å². The first-order valence-electron chi connectivity index (χ1n) is 8.41. The highest BCUT2D eigenvalue weighted by atomic mass is 16.8. The normalized spacial score (nSPS) is 33.2. The molecule has 1 fully saturated rings. The van der Waals surface area contributed by atoms with E-state index in [-0.39, 0.29) is 18.2 Å². The summed E-state index contributed by atoms with van der Waals surface area (Å²) in [6, 6.07) is 0. The largest absolute Gasteiger partial charge is 0.509 e. The van der Waals surface area contributed by atoms with Gasteiger partial charge in [-0.3, -0.25) is 0 Å². The van der Waals surface area contributed by atoms with E-state index in [0.29, 0.717) is 0 Å². The molecule has 5 nitrogen and oxygen atoms in total. The molecule has 0 N–H and O–H groups in total. The Bertz CT molecular complexity index is 404. The van der Waals surface area contributed by atoms with Gasteiger partial charge in [-0.15, -0.1) is 0 Å². The Morgan fingerprint density at radius 2 is 1.50 bits per heavy atom. The molecule has 0 radical (unpaired) electrons. The molecule has 124 valence electrons. The maximum absolute atomic E-state index is 11.8. The van der Waals surface area contributed by atoms with Gasteiger partial charge in [0, 0.05) is 6.08 Å². The van der Waals surface area contributed by atoms with E-state index in [2.05, 4.69) is 0 Å². The van der Waals surface area contributed by atoms with E-state index in [1.165, 1.54) is 31.8 Å². The highest BCUT2D eigenvalue weighted by Gasteiger charge is 2.34. The number of hydrogen-bond acceptors (Lipinski definition) is 5. The van der Waals surface area contributed by atoms with E-state index in [9.17, 15) is 9.59 Å². The Morgan fingerprint density at radius 1 is 0.864 bits per heavy atom. The molecule has 0 aliphatic carbocycles. The molecular weight excluding hydrogens is 284 g/mol. The minimum atomic E-state index is -0.653. The van der Waals surface area contributed by atoms with Crippen LogP contribution in [0.4, 0.5) is 4.79 Å². The van der Waals surface area contributed by atoms with Gasteiger partial charge >= 0.3 is 12.1 Å². The van der Waals surface area contributed by atoms with Crippen LogP contribution >= 0.6 is 0 Å². The highest BCUT2D eigenvalue weighted by Crippen LogP contribution is 2.22. The van der Waals surface area contributed by atoms with Crippen molar-refractivity contribution in [2.75, 3.05) is 0 Å². The van der Waals surface area contributed by atoms with Crippen molar-refractivity contribution in [1.29, 1.82) is 0 Å². The first kappa shape index (κ1) is 16.8. The van der Waals surface area contributed by atoms with E-state index in [1.54, 1.807) is 6.08 Å². The van der Waals surface area contributed by atoms with Crippen molar-refractivity contribution in [1.82, 2.24) is 0 Å². The van der Waals surface area contributed by atoms with Crippen LogP contribution < -0.4 is 0 Å². The van der Waals surface area contributed by atoms with Crippen molar-refractivity contribution in [3.05, 3.63) is 12.2 Å². The second-order valence-corrected chi connectivity index (χ2v) is 6.15. The maximum atomic E-state index is 11.8. The lowest BCUT2D eigenvalue weighted by atomic mass is 10.0. The summed E-state index contributed by atoms with van der Waals surface area (Å²) in [5.74, 6) is -0.388. The summed E-state index contributed by atoms with van der Waals surface area (Å²) >= 11 is 0. The van der Waals surface area contributed by atoms with E-state index < -0.39 is 12.3 Å². The molecule has 0 aromatic rings. The van der Waals surface area contributed by atoms with Crippen molar-refractivity contribution in [2.45, 2.75) is 83.0 Å². The first-order valence-corrected chi connectivity index (χ1v) is 8.41. The summed E-state index contributed by atoms with van der Waals surface area (Å²) in [6.45, 7) is 1.91. The Hall–Kier alpha value is -1.52. The average Bonchev–Trinajstić information content (AvgIpc) is 2.82. The number of carbonyl (C=O) groups is 2. The molecular formula is C17H26O5. The van der Waals surface area contributed by atoms with Gasteiger partial charge < -0.3 is 14.2 Å². The van der Waals surface area contributed by atoms with E-state index in [0.717, 1.165) is 32.1 Å². The van der Waals surface area contributed by atoms with Crippen molar-refractivity contribution in [3.63, 3.8) is 0 Å². The monoisotopic (exact) mass is 310 g/mol. The van der Waals surface area contributed by atoms with Gasteiger partial charge in [0.1, 0.15) is 6.10 Å². The summed E-state index contributed by atoms with van der Waals surface area (Å²) in [7, 11) is 0. The van der Waals surface area contributed by atoms with Crippen LogP contribution in [0.15, 0.2) is 12.2 Å². The predicted molar refractivity (Wildman–Crippen MR) is 81.4 cm³/mol. The number of fused-ring (bicyclic) bond motifs is 1. The van der Waals surface area contributed by atoms with Crippen LogP contribution in [0.5, 0.6) is 0 Å². The molecule has 2 rings (SSSR count). The van der Waals surface area contributed by atoms with Crippen molar-refractivity contribution >= 4 is 12.1 Å². The molecule has 0 spiro atoms. The average molecular weight is 310 g/mol. The third-order valence-electron chi connectivity index (χ3n) is 4.18. The van der Waals surface area contributed by atoms with Crippen LogP contribution in [0.2, 0.25) is 0 Å². The molecule has 2 aliphatic rings. The molecule has 0 bridgehead atoms. The number of hydrogen-bond donors (Lipinski definition) is 0. The van der Waals surface area contributed by atoms with Gasteiger partial charge in [0.05, 0.1) is 6.10 Å². The molecule has 0 aromatic carbocycles. The standard InChI is InChI=1S/C17H26O5/c1-13-9-7-5-3-2-4-6-8-10-14-15(22-17(19)21-14)11-12-16(18)20-13/h11-15H,2-10H2,1H3/b12-11+/t13-,14+,15-/m1/s1. The third kappa shape index (κ3) is 5.70. The fraction of sp³-hybridized carbons (Fsp3) is 0.765. The lowest BCUT2D eigenvalue weighted by Crippen LogP contribution is -2.21. The van der Waals surface area contributed by atoms with Gasteiger partial charge in [-0.25, -0.2) is 9.59 Å². The van der Waals surface area contributed by atoms with Crippen LogP contribution in [0.1, 0.15) is 64.7 Å². The van der Waals surface area contributed by atoms with Crippen molar-refractivity contribution in [2.24, 2.45) is 0 Å². The maximum Gasteiger partial charge on any atom is 0.509 e. The van der Waals surface area contributed by atoms with Crippen LogP contribution in [-0.4, -0.2) is 30.4 Å². The molecule has 1 saturated heterocycles. The number of cyclic esters (lactones) is 1. The third-order valence-corrected chi connectivity index (χ3v) is 4.18. The first-order chi connectivity index (χ1) is 10.6. The summed E-state index contributed by atoms with van der Waals surface area (Å²) in [5, 5.41) is 0. The van der Waals surface area contributed by atoms with Crippen LogP contribution in [0.3, 0.4) is 0 Å². The Morgan fingerprint density at radius 3 is 2.23 bits per heavy atom. The summed E-state index contributed by atoms with van der Waals surface area (Å²) in [5.41, 5.74) is 0. The molecule has 0 aromatic heterocycles. The Kier molecular flexibility index (Phi) is 6.74. The molecule has 22 heavy (non-hydrogen) atoms. The lowest BCUT2D eigenvalue weighted by Gasteiger charge is -2.14. The molecule has 0 saturated carbocycles. The summed E-state index contributed by atoms with van der Waals surface area (Å²) in [6.07, 6.45) is 11.2. The molecule has 2 heterocycles. The number of rotatable bonds is 0. The zero-order valence-corrected chi connectivity index (χ0v) is 13.3. The minimum absolute atomic E-state index is 0.0803. The number of esters is 1. The van der Waals surface area contributed by atoms with Crippen LogP contribution in [-0.2, 0) is 19.0 Å². The zero-order valence-electron chi connectivity index (χ0n) is 13.3. The molecule has 0 unspecified atom stereocenters. The van der Waals surface area contributed by atoms with E-state index in [1.807, 2.05) is 6.92 Å². The van der Waals surface area contributed by atoms with E-state index in [4.69, 9.17) is 14.2 Å². The van der Waals surface area contributed by atoms with Gasteiger partial charge in [0.15, 0.2) is 6.10 Å². The van der Waals surface area contributed by atoms with Gasteiger partial charge in [0.25, 0.3) is 0 Å². The summed E-state index contributed by atoms with van der Waals surface area (Å²) in [4.78, 5) is 23.0. The SMILES string of the molecule is C[C@@H]1CCCCCCCCC[C@@H]2OC(=O)O[C@@H]2/C=C/C(=O)O1. The minimum Gasteiger partial charge on any atom is -0.460 e. The van der Waals surface area contributed by atoms with Gasteiger partial charge in [-0.2, -0.15) is 0 Å². The second kappa shape index (κ2) is 8.81. The smallest absolute Gasteiger partial charge is 0.460 e. The number of ether oxygens (including phenoxy) is 3. The lowest BCUT2D eigenvalue weighted by molar-refractivity contribution is -0.142. The topological polar surface area (TPSA) is 61.8 Å². The molecule has 3 atom stereocenters. The highest BCUT2D eigenvalue weighted by molar-refractivity contribution is 5.82. The van der Waals surface area contributed by atoms with Crippen LogP contribution in [0, 0.1) is 0 Å². The van der Waals surface area contributed by atoms with Crippen molar-refractivity contribution < 1.29 is 23.8 Å². The fourth-order valence-electron chi connectivity index (χ4n) is 2.92. The van der Waals surface area contributed by atoms with Gasteiger partial charge in [-0.05, 0) is 38.7 Å². The van der Waals surface area contributed by atoms with Gasteiger partial charge in [-0.1, -0.05) is 32.1 Å². The quantitative estimate of drug-likeness (QED) is 0.635. The van der Waals surface area contributed by atoms with Crippen LogP contribution in [0.25, 0.3) is 0 Å². The van der Waals surface area contributed by atoms with Gasteiger partial charge in [0.2, 0.25) is 0 Å². The van der Waals surface area contributed by atoms with Crippen molar-refractivity contribution in [3.8, 4) is 0 Å². The second-order valence-electron chi connectivity index (χ2n) is 6.15. The Balaban J connectivity index is 1.94. The number of carbonyl (C=O) groups excluding carboxylic acids is 2. The molecule has 5 heteroatoms. The zero-order chi connectivity index (χ0) is 15.8. The molecule has 0 amide bonds. The summed E-state index contributed by atoms with van der Waals surface area (Å²) < 4.78 is 15.6. The fourth-order valence-corrected chi connectivity index (χ4v) is 2.92.